The van der Waals surface area contributed by atoms with Gasteiger partial charge in [0.2, 0.25) is 0 Å². The maximum absolute atomic E-state index is 11.3. The molecule has 0 aromatic heterocycles. The Bertz CT molecular complexity index is 492. The summed E-state index contributed by atoms with van der Waals surface area (Å²) in [5.41, 5.74) is 4.66. The lowest BCUT2D eigenvalue weighted by Crippen LogP contribution is -2.28. The number of sulfone groups is 1. The Morgan fingerprint density at radius 2 is 1.94 bits per heavy atom. The molecule has 0 spiro atoms. The zero-order valence-corrected chi connectivity index (χ0v) is 10.9. The molecule has 1 unspecified atom stereocenters. The van der Waals surface area contributed by atoms with Crippen LogP contribution in [0.4, 0.5) is 0 Å². The smallest absolute Gasteiger partial charge is 0.175 e. The van der Waals surface area contributed by atoms with Gasteiger partial charge in [-0.3, -0.25) is 11.3 Å². The maximum Gasteiger partial charge on any atom is 0.175 e. The Hall–Kier alpha value is -1.17. The first-order valence-electron chi connectivity index (χ1n) is 5.25. The van der Waals surface area contributed by atoms with Crippen molar-refractivity contribution in [3.05, 3.63) is 42.0 Å². The van der Waals surface area contributed by atoms with Crippen LogP contribution in [0.5, 0.6) is 0 Å². The molecule has 0 aliphatic rings. The normalized spacial score (nSPS) is 13.4. The molecule has 5 heteroatoms. The minimum Gasteiger partial charge on any atom is -0.271 e. The molecule has 0 heterocycles. The summed E-state index contributed by atoms with van der Waals surface area (Å²) >= 11 is 0. The third-order valence-electron chi connectivity index (χ3n) is 2.46. The van der Waals surface area contributed by atoms with Crippen molar-refractivity contribution in [3.8, 4) is 0 Å². The third-order valence-corrected chi connectivity index (χ3v) is 3.59. The second kappa shape index (κ2) is 5.44. The first-order chi connectivity index (χ1) is 7.84. The first kappa shape index (κ1) is 13.9. The summed E-state index contributed by atoms with van der Waals surface area (Å²) in [6.45, 7) is 5.76. The van der Waals surface area contributed by atoms with Crippen molar-refractivity contribution in [1.29, 1.82) is 0 Å². The monoisotopic (exact) mass is 254 g/mol. The van der Waals surface area contributed by atoms with Crippen molar-refractivity contribution in [2.24, 2.45) is 5.84 Å². The predicted octanol–water partition coefficient (Wildman–Crippen LogP) is 1.56. The topological polar surface area (TPSA) is 72.2 Å². The van der Waals surface area contributed by atoms with E-state index in [0.29, 0.717) is 11.3 Å². The van der Waals surface area contributed by atoms with Crippen LogP contribution in [0.1, 0.15) is 24.9 Å². The highest BCUT2D eigenvalue weighted by molar-refractivity contribution is 7.90. The van der Waals surface area contributed by atoms with Crippen LogP contribution in [-0.2, 0) is 9.84 Å². The molecule has 4 nitrogen and oxygen atoms in total. The van der Waals surface area contributed by atoms with E-state index < -0.39 is 9.84 Å². The van der Waals surface area contributed by atoms with Gasteiger partial charge >= 0.3 is 0 Å². The highest BCUT2D eigenvalue weighted by Crippen LogP contribution is 2.21. The van der Waals surface area contributed by atoms with E-state index in [-0.39, 0.29) is 6.04 Å². The quantitative estimate of drug-likeness (QED) is 0.475. The number of rotatable bonds is 5. The van der Waals surface area contributed by atoms with Gasteiger partial charge in [0.1, 0.15) is 0 Å². The van der Waals surface area contributed by atoms with E-state index in [9.17, 15) is 8.42 Å². The Balaban J connectivity index is 2.97. The van der Waals surface area contributed by atoms with Crippen molar-refractivity contribution in [1.82, 2.24) is 5.43 Å². The van der Waals surface area contributed by atoms with Crippen LogP contribution in [-0.4, -0.2) is 14.7 Å². The molecule has 1 atom stereocenters. The van der Waals surface area contributed by atoms with E-state index in [1.54, 1.807) is 24.3 Å². The van der Waals surface area contributed by atoms with Crippen LogP contribution in [0.25, 0.3) is 0 Å². The Kier molecular flexibility index (Phi) is 4.45. The molecule has 0 bridgehead atoms. The van der Waals surface area contributed by atoms with Crippen molar-refractivity contribution in [2.45, 2.75) is 24.3 Å². The summed E-state index contributed by atoms with van der Waals surface area (Å²) in [6.07, 6.45) is 1.91. The second-order valence-corrected chi connectivity index (χ2v) is 6.24. The van der Waals surface area contributed by atoms with Gasteiger partial charge < -0.3 is 0 Å². The van der Waals surface area contributed by atoms with Crippen LogP contribution in [0.2, 0.25) is 0 Å². The molecule has 1 rings (SSSR count). The zero-order chi connectivity index (χ0) is 13.1. The summed E-state index contributed by atoms with van der Waals surface area (Å²) in [5.74, 6) is 5.47. The summed E-state index contributed by atoms with van der Waals surface area (Å²) in [7, 11) is -3.14. The highest BCUT2D eigenvalue weighted by atomic mass is 32.2. The molecule has 1 aromatic rings. The van der Waals surface area contributed by atoms with E-state index in [1.807, 2.05) is 6.92 Å². The van der Waals surface area contributed by atoms with Gasteiger partial charge in [-0.15, -0.1) is 6.58 Å². The Labute approximate surface area is 102 Å². The molecule has 0 fully saturated rings. The third kappa shape index (κ3) is 3.96. The molecule has 94 valence electrons. The van der Waals surface area contributed by atoms with Crippen LogP contribution in [0.15, 0.2) is 41.3 Å². The average molecular weight is 254 g/mol. The number of hydrogen-bond acceptors (Lipinski definition) is 4. The molecule has 17 heavy (non-hydrogen) atoms. The van der Waals surface area contributed by atoms with Crippen molar-refractivity contribution < 1.29 is 8.42 Å². The van der Waals surface area contributed by atoms with Crippen molar-refractivity contribution >= 4 is 9.84 Å². The molecule has 0 radical (unpaired) electrons. The van der Waals surface area contributed by atoms with Crippen LogP contribution in [0, 0.1) is 0 Å². The maximum atomic E-state index is 11.3. The van der Waals surface area contributed by atoms with Crippen LogP contribution >= 0.6 is 0 Å². The van der Waals surface area contributed by atoms with Gasteiger partial charge in [0.05, 0.1) is 4.90 Å². The van der Waals surface area contributed by atoms with Crippen molar-refractivity contribution in [2.75, 3.05) is 6.26 Å². The number of benzene rings is 1. The van der Waals surface area contributed by atoms with Gasteiger partial charge in [0.25, 0.3) is 0 Å². The molecule has 3 N–H and O–H groups in total. The van der Waals surface area contributed by atoms with Gasteiger partial charge in [-0.05, 0) is 31.0 Å². The second-order valence-electron chi connectivity index (χ2n) is 4.22. The molecule has 0 saturated heterocycles. The van der Waals surface area contributed by atoms with E-state index in [0.717, 1.165) is 11.1 Å². The molecule has 0 aliphatic heterocycles. The lowest BCUT2D eigenvalue weighted by atomic mass is 10.0. The predicted molar refractivity (Wildman–Crippen MR) is 69.0 cm³/mol. The number of hydrazine groups is 1. The van der Waals surface area contributed by atoms with E-state index in [1.165, 1.54) is 6.26 Å². The van der Waals surface area contributed by atoms with Gasteiger partial charge in [0.15, 0.2) is 9.84 Å². The fourth-order valence-electron chi connectivity index (χ4n) is 1.57. The van der Waals surface area contributed by atoms with Crippen LogP contribution < -0.4 is 11.3 Å². The molecular weight excluding hydrogens is 236 g/mol. The molecule has 0 saturated carbocycles. The largest absolute Gasteiger partial charge is 0.271 e. The molecular formula is C12H18N2O2S. The molecule has 1 aromatic carbocycles. The number of nitrogens with two attached hydrogens (primary N) is 1. The van der Waals surface area contributed by atoms with E-state index in [4.69, 9.17) is 5.84 Å². The summed E-state index contributed by atoms with van der Waals surface area (Å²) in [5, 5.41) is 0. The summed E-state index contributed by atoms with van der Waals surface area (Å²) in [6, 6.07) is 6.68. The molecule has 0 amide bonds. The van der Waals surface area contributed by atoms with Gasteiger partial charge in [-0.25, -0.2) is 8.42 Å². The highest BCUT2D eigenvalue weighted by Gasteiger charge is 2.11. The van der Waals surface area contributed by atoms with Gasteiger partial charge in [0, 0.05) is 12.3 Å². The summed E-state index contributed by atoms with van der Waals surface area (Å²) in [4.78, 5) is 0.312. The van der Waals surface area contributed by atoms with E-state index in [2.05, 4.69) is 12.0 Å². The standard InChI is InChI=1S/C12H18N2O2S/c1-9(2)8-12(14-13)10-4-6-11(7-5-10)17(3,15)16/h4-7,12,14H,1,8,13H2,2-3H3. The average Bonchev–Trinajstić information content (AvgIpc) is 2.24. The minimum atomic E-state index is -3.14. The van der Waals surface area contributed by atoms with Crippen LogP contribution in [0.3, 0.4) is 0 Å². The summed E-state index contributed by atoms with van der Waals surface area (Å²) < 4.78 is 22.6. The zero-order valence-electron chi connectivity index (χ0n) is 10.1. The Morgan fingerprint density at radius 1 is 1.41 bits per heavy atom. The number of nitrogens with one attached hydrogen (secondary N) is 1. The lowest BCUT2D eigenvalue weighted by molar-refractivity contribution is 0.550. The van der Waals surface area contributed by atoms with Gasteiger partial charge in [-0.2, -0.15) is 0 Å². The fourth-order valence-corrected chi connectivity index (χ4v) is 2.20. The number of hydrogen-bond donors (Lipinski definition) is 2. The fraction of sp³-hybridized carbons (Fsp3) is 0.333. The Morgan fingerprint density at radius 3 is 2.29 bits per heavy atom. The SMILES string of the molecule is C=C(C)CC(NN)c1ccc(S(C)(=O)=O)cc1. The van der Waals surface area contributed by atoms with Gasteiger partial charge in [-0.1, -0.05) is 17.7 Å². The minimum absolute atomic E-state index is 0.0406. The van der Waals surface area contributed by atoms with E-state index >= 15 is 0 Å². The molecule has 0 aliphatic carbocycles. The first-order valence-corrected chi connectivity index (χ1v) is 7.14. The lowest BCUT2D eigenvalue weighted by Gasteiger charge is -2.16. The van der Waals surface area contributed by atoms with Crippen molar-refractivity contribution in [3.63, 3.8) is 0 Å².